The van der Waals surface area contributed by atoms with Crippen LogP contribution in [0.15, 0.2) is 30.5 Å². The van der Waals surface area contributed by atoms with E-state index in [9.17, 15) is 9.59 Å². The summed E-state index contributed by atoms with van der Waals surface area (Å²) in [6.07, 6.45) is 1.35. The highest BCUT2D eigenvalue weighted by molar-refractivity contribution is 7.10. The van der Waals surface area contributed by atoms with Crippen LogP contribution in [-0.4, -0.2) is 26.7 Å². The van der Waals surface area contributed by atoms with Crippen molar-refractivity contribution < 1.29 is 14.7 Å². The minimum absolute atomic E-state index is 0.0874. The zero-order valence-electron chi connectivity index (χ0n) is 9.66. The Morgan fingerprint density at radius 2 is 2.16 bits per heavy atom. The number of carboxylic acids is 1. The van der Waals surface area contributed by atoms with Crippen molar-refractivity contribution in [2.75, 3.05) is 10.6 Å². The quantitative estimate of drug-likeness (QED) is 0.791. The Hall–Kier alpha value is -2.48. The first-order valence-electron chi connectivity index (χ1n) is 5.29. The van der Waals surface area contributed by atoms with Crippen molar-refractivity contribution in [3.05, 3.63) is 36.0 Å². The van der Waals surface area contributed by atoms with Crippen LogP contribution in [0.4, 0.5) is 15.5 Å². The Morgan fingerprint density at radius 1 is 1.32 bits per heavy atom. The molecule has 2 amide bonds. The van der Waals surface area contributed by atoms with E-state index in [-0.39, 0.29) is 6.42 Å². The molecule has 1 heterocycles. The number of carboxylic acid groups (broad SMARTS) is 1. The van der Waals surface area contributed by atoms with E-state index in [1.165, 1.54) is 6.20 Å². The lowest BCUT2D eigenvalue weighted by atomic mass is 10.1. The molecule has 3 N–H and O–H groups in total. The lowest BCUT2D eigenvalue weighted by Gasteiger charge is -2.06. The fraction of sp³-hybridized carbons (Fsp3) is 0.0909. The molecule has 0 aliphatic carbocycles. The van der Waals surface area contributed by atoms with E-state index < -0.39 is 12.0 Å². The molecule has 0 saturated heterocycles. The molecule has 2 rings (SSSR count). The van der Waals surface area contributed by atoms with Crippen LogP contribution in [0.2, 0.25) is 0 Å². The van der Waals surface area contributed by atoms with Crippen LogP contribution in [0.3, 0.4) is 0 Å². The van der Waals surface area contributed by atoms with Gasteiger partial charge in [-0.2, -0.15) is 0 Å². The number of anilines is 2. The number of urea groups is 1. The predicted molar refractivity (Wildman–Crippen MR) is 70.3 cm³/mol. The third-order valence-corrected chi connectivity index (χ3v) is 2.72. The van der Waals surface area contributed by atoms with Crippen molar-refractivity contribution in [2.45, 2.75) is 6.42 Å². The number of carbonyl (C=O) groups is 2. The number of carbonyl (C=O) groups excluding carboxylic acids is 1. The molecule has 1 aromatic heterocycles. The van der Waals surface area contributed by atoms with Gasteiger partial charge < -0.3 is 10.4 Å². The Kier molecular flexibility index (Phi) is 4.04. The molecule has 19 heavy (non-hydrogen) atoms. The summed E-state index contributed by atoms with van der Waals surface area (Å²) in [6, 6.07) is 6.22. The topological polar surface area (TPSA) is 104 Å². The van der Waals surface area contributed by atoms with E-state index in [2.05, 4.69) is 20.2 Å². The molecule has 0 unspecified atom stereocenters. The van der Waals surface area contributed by atoms with Crippen LogP contribution in [0, 0.1) is 0 Å². The average Bonchev–Trinajstić information content (AvgIpc) is 2.81. The molecule has 0 aliphatic rings. The van der Waals surface area contributed by atoms with Crippen molar-refractivity contribution in [2.24, 2.45) is 0 Å². The highest BCUT2D eigenvalue weighted by Crippen LogP contribution is 2.13. The molecule has 0 bridgehead atoms. The van der Waals surface area contributed by atoms with Gasteiger partial charge >= 0.3 is 12.0 Å². The van der Waals surface area contributed by atoms with Gasteiger partial charge in [0.05, 0.1) is 12.6 Å². The molecule has 98 valence electrons. The average molecular weight is 278 g/mol. The Labute approximate surface area is 112 Å². The Morgan fingerprint density at radius 3 is 2.84 bits per heavy atom. The molecule has 0 aliphatic heterocycles. The van der Waals surface area contributed by atoms with E-state index in [0.717, 1.165) is 11.5 Å². The normalized spacial score (nSPS) is 9.89. The Bertz CT molecular complexity index is 585. The smallest absolute Gasteiger partial charge is 0.324 e. The van der Waals surface area contributed by atoms with Gasteiger partial charge in [-0.3, -0.25) is 10.1 Å². The second-order valence-corrected chi connectivity index (χ2v) is 4.42. The maximum Gasteiger partial charge on any atom is 0.324 e. The number of nitrogens with one attached hydrogen (secondary N) is 2. The number of hydrogen-bond acceptors (Lipinski definition) is 5. The van der Waals surface area contributed by atoms with Crippen LogP contribution >= 0.6 is 11.5 Å². The van der Waals surface area contributed by atoms with Gasteiger partial charge in [0.1, 0.15) is 5.00 Å². The van der Waals surface area contributed by atoms with E-state index in [1.807, 2.05) is 0 Å². The summed E-state index contributed by atoms with van der Waals surface area (Å²) in [5, 5.41) is 18.0. The fourth-order valence-electron chi connectivity index (χ4n) is 1.43. The molecule has 0 fully saturated rings. The van der Waals surface area contributed by atoms with Gasteiger partial charge in [0.25, 0.3) is 0 Å². The molecule has 7 nitrogen and oxygen atoms in total. The lowest BCUT2D eigenvalue weighted by molar-refractivity contribution is -0.136. The van der Waals surface area contributed by atoms with Crippen molar-refractivity contribution in [3.63, 3.8) is 0 Å². The number of rotatable bonds is 4. The van der Waals surface area contributed by atoms with E-state index in [1.54, 1.807) is 24.3 Å². The van der Waals surface area contributed by atoms with E-state index >= 15 is 0 Å². The zero-order valence-corrected chi connectivity index (χ0v) is 10.5. The van der Waals surface area contributed by atoms with E-state index in [4.69, 9.17) is 5.11 Å². The molecule has 0 atom stereocenters. The maximum absolute atomic E-state index is 11.6. The number of aromatic nitrogens is 2. The first-order chi connectivity index (χ1) is 9.13. The molecular formula is C11H10N4O3S. The summed E-state index contributed by atoms with van der Waals surface area (Å²) in [6.45, 7) is 0. The monoisotopic (exact) mass is 278 g/mol. The highest BCUT2D eigenvalue weighted by atomic mass is 32.1. The van der Waals surface area contributed by atoms with Gasteiger partial charge in [-0.1, -0.05) is 16.6 Å². The standard InChI is InChI=1S/C11H10N4O3S/c16-10(17)5-7-2-1-3-8(4-7)13-11(18)14-9-6-12-15-19-9/h1-4,6H,5H2,(H,16,17)(H2,13,14,18). The third kappa shape index (κ3) is 4.03. The Balaban J connectivity index is 1.98. The van der Waals surface area contributed by atoms with Crippen LogP contribution < -0.4 is 10.6 Å². The molecule has 0 saturated carbocycles. The van der Waals surface area contributed by atoms with Crippen LogP contribution in [-0.2, 0) is 11.2 Å². The number of nitrogens with zero attached hydrogens (tertiary/aromatic N) is 2. The van der Waals surface area contributed by atoms with E-state index in [0.29, 0.717) is 16.3 Å². The second-order valence-electron chi connectivity index (χ2n) is 3.63. The molecule has 1 aromatic carbocycles. The van der Waals surface area contributed by atoms with Crippen LogP contribution in [0.5, 0.6) is 0 Å². The first kappa shape index (κ1) is 13.0. The van der Waals surface area contributed by atoms with Crippen molar-refractivity contribution >= 4 is 34.2 Å². The molecule has 0 radical (unpaired) electrons. The number of amides is 2. The molecule has 0 spiro atoms. The molecule has 2 aromatic rings. The molecule has 8 heteroatoms. The number of hydrogen-bond donors (Lipinski definition) is 3. The zero-order chi connectivity index (χ0) is 13.7. The summed E-state index contributed by atoms with van der Waals surface area (Å²) in [5.74, 6) is -0.919. The van der Waals surface area contributed by atoms with Gasteiger partial charge in [0.2, 0.25) is 0 Å². The van der Waals surface area contributed by atoms with Crippen molar-refractivity contribution in [1.82, 2.24) is 9.59 Å². The van der Waals surface area contributed by atoms with Gasteiger partial charge in [0.15, 0.2) is 0 Å². The minimum Gasteiger partial charge on any atom is -0.481 e. The second kappa shape index (κ2) is 5.91. The van der Waals surface area contributed by atoms with Crippen molar-refractivity contribution in [3.8, 4) is 0 Å². The number of aliphatic carboxylic acids is 1. The fourth-order valence-corrected chi connectivity index (χ4v) is 1.85. The van der Waals surface area contributed by atoms with Gasteiger partial charge in [-0.15, -0.1) is 5.10 Å². The summed E-state index contributed by atoms with van der Waals surface area (Å²) >= 11 is 1.06. The van der Waals surface area contributed by atoms with Gasteiger partial charge in [-0.25, -0.2) is 4.79 Å². The molecular weight excluding hydrogens is 268 g/mol. The summed E-state index contributed by atoms with van der Waals surface area (Å²) < 4.78 is 3.61. The van der Waals surface area contributed by atoms with Crippen molar-refractivity contribution in [1.29, 1.82) is 0 Å². The van der Waals surface area contributed by atoms with Gasteiger partial charge in [-0.05, 0) is 17.7 Å². The number of benzene rings is 1. The third-order valence-electron chi connectivity index (χ3n) is 2.14. The summed E-state index contributed by atoms with van der Waals surface area (Å²) in [5.41, 5.74) is 1.14. The first-order valence-corrected chi connectivity index (χ1v) is 6.07. The summed E-state index contributed by atoms with van der Waals surface area (Å²) in [7, 11) is 0. The predicted octanol–water partition coefficient (Wildman–Crippen LogP) is 1.81. The lowest BCUT2D eigenvalue weighted by Crippen LogP contribution is -2.18. The maximum atomic E-state index is 11.6. The summed E-state index contributed by atoms with van der Waals surface area (Å²) in [4.78, 5) is 22.2. The SMILES string of the molecule is O=C(O)Cc1cccc(NC(=O)Nc2cnns2)c1. The van der Waals surface area contributed by atoms with Gasteiger partial charge in [0, 0.05) is 17.2 Å². The minimum atomic E-state index is -0.919. The van der Waals surface area contributed by atoms with Crippen LogP contribution in [0.25, 0.3) is 0 Å². The van der Waals surface area contributed by atoms with Crippen LogP contribution in [0.1, 0.15) is 5.56 Å². The largest absolute Gasteiger partial charge is 0.481 e. The highest BCUT2D eigenvalue weighted by Gasteiger charge is 2.06.